The number of thiazole rings is 1. The van der Waals surface area contributed by atoms with Crippen LogP contribution in [-0.2, 0) is 6.42 Å². The molecule has 5 heteroatoms. The van der Waals surface area contributed by atoms with Gasteiger partial charge in [0.05, 0.1) is 10.7 Å². The van der Waals surface area contributed by atoms with E-state index in [0.717, 1.165) is 49.6 Å². The SMILES string of the molecule is CC(C)CN(CCc1nc(C2CC2)c(C(=O)O)s1)CC(C)C. The van der Waals surface area contributed by atoms with Gasteiger partial charge < -0.3 is 10.0 Å². The first-order valence-electron chi connectivity index (χ1n) is 8.32. The average molecular weight is 324 g/mol. The Morgan fingerprint density at radius 1 is 1.27 bits per heavy atom. The Morgan fingerprint density at radius 3 is 2.32 bits per heavy atom. The number of carboxylic acids is 1. The van der Waals surface area contributed by atoms with Crippen LogP contribution in [0.1, 0.15) is 66.8 Å². The molecule has 1 aromatic rings. The molecule has 2 rings (SSSR count). The minimum atomic E-state index is -0.813. The predicted octanol–water partition coefficient (Wildman–Crippen LogP) is 3.88. The lowest BCUT2D eigenvalue weighted by atomic mass is 10.1. The number of carbonyl (C=O) groups is 1. The van der Waals surface area contributed by atoms with Gasteiger partial charge >= 0.3 is 5.97 Å². The fourth-order valence-corrected chi connectivity index (χ4v) is 3.79. The molecule has 1 heterocycles. The molecular formula is C17H28N2O2S. The zero-order valence-corrected chi connectivity index (χ0v) is 14.9. The highest BCUT2D eigenvalue weighted by Crippen LogP contribution is 2.42. The minimum absolute atomic E-state index is 0.401. The van der Waals surface area contributed by atoms with Gasteiger partial charge in [0.1, 0.15) is 4.88 Å². The summed E-state index contributed by atoms with van der Waals surface area (Å²) in [5.41, 5.74) is 0.840. The Morgan fingerprint density at radius 2 is 1.86 bits per heavy atom. The maximum atomic E-state index is 11.4. The molecule has 0 bridgehead atoms. The van der Waals surface area contributed by atoms with Crippen LogP contribution in [-0.4, -0.2) is 40.6 Å². The Balaban J connectivity index is 1.99. The molecule has 1 aliphatic carbocycles. The standard InChI is InChI=1S/C17H28N2O2S/c1-11(2)9-19(10-12(3)4)8-7-14-18-15(13-5-6-13)16(22-14)17(20)21/h11-13H,5-10H2,1-4H3,(H,20,21). The largest absolute Gasteiger partial charge is 0.477 e. The van der Waals surface area contributed by atoms with Gasteiger partial charge in [-0.05, 0) is 24.7 Å². The predicted molar refractivity (Wildman–Crippen MR) is 90.9 cm³/mol. The molecule has 1 N–H and O–H groups in total. The van der Waals surface area contributed by atoms with Crippen molar-refractivity contribution in [2.45, 2.75) is 52.9 Å². The summed E-state index contributed by atoms with van der Waals surface area (Å²) in [4.78, 5) is 18.9. The van der Waals surface area contributed by atoms with E-state index < -0.39 is 5.97 Å². The molecule has 22 heavy (non-hydrogen) atoms. The third-order valence-corrected chi connectivity index (χ3v) is 4.86. The number of nitrogens with zero attached hydrogens (tertiary/aromatic N) is 2. The van der Waals surface area contributed by atoms with Gasteiger partial charge in [-0.2, -0.15) is 0 Å². The van der Waals surface area contributed by atoms with Crippen molar-refractivity contribution in [3.05, 3.63) is 15.6 Å². The van der Waals surface area contributed by atoms with Gasteiger partial charge in [-0.1, -0.05) is 27.7 Å². The molecule has 0 aromatic carbocycles. The van der Waals surface area contributed by atoms with Crippen molar-refractivity contribution < 1.29 is 9.90 Å². The van der Waals surface area contributed by atoms with Crippen LogP contribution in [0.5, 0.6) is 0 Å². The van der Waals surface area contributed by atoms with Crippen molar-refractivity contribution >= 4 is 17.3 Å². The first kappa shape index (κ1) is 17.4. The monoisotopic (exact) mass is 324 g/mol. The molecule has 124 valence electrons. The van der Waals surface area contributed by atoms with Crippen LogP contribution in [0.15, 0.2) is 0 Å². The summed E-state index contributed by atoms with van der Waals surface area (Å²) in [5, 5.41) is 10.3. The summed E-state index contributed by atoms with van der Waals surface area (Å²) in [6, 6.07) is 0. The van der Waals surface area contributed by atoms with E-state index in [2.05, 4.69) is 37.6 Å². The van der Waals surface area contributed by atoms with Crippen LogP contribution < -0.4 is 0 Å². The average Bonchev–Trinajstić information content (AvgIpc) is 3.14. The zero-order chi connectivity index (χ0) is 16.3. The number of carboxylic acid groups (broad SMARTS) is 1. The molecule has 0 unspecified atom stereocenters. The molecule has 1 aliphatic rings. The van der Waals surface area contributed by atoms with Gasteiger partial charge in [-0.15, -0.1) is 11.3 Å². The molecule has 0 saturated heterocycles. The first-order valence-corrected chi connectivity index (χ1v) is 9.13. The lowest BCUT2D eigenvalue weighted by molar-refractivity contribution is 0.0700. The summed E-state index contributed by atoms with van der Waals surface area (Å²) in [7, 11) is 0. The van der Waals surface area contributed by atoms with Gasteiger partial charge in [-0.3, -0.25) is 0 Å². The highest BCUT2D eigenvalue weighted by atomic mass is 32.1. The van der Waals surface area contributed by atoms with Crippen LogP contribution in [0.4, 0.5) is 0 Å². The second kappa shape index (κ2) is 7.55. The number of aromatic carboxylic acids is 1. The number of rotatable bonds is 9. The molecule has 1 aromatic heterocycles. The van der Waals surface area contributed by atoms with E-state index >= 15 is 0 Å². The highest BCUT2D eigenvalue weighted by Gasteiger charge is 2.32. The quantitative estimate of drug-likeness (QED) is 0.749. The van der Waals surface area contributed by atoms with Crippen molar-refractivity contribution in [3.8, 4) is 0 Å². The summed E-state index contributed by atoms with van der Waals surface area (Å²) in [6.45, 7) is 12.1. The molecule has 0 atom stereocenters. The van der Waals surface area contributed by atoms with Crippen LogP contribution in [0.3, 0.4) is 0 Å². The van der Waals surface area contributed by atoms with Crippen molar-refractivity contribution in [1.82, 2.24) is 9.88 Å². The van der Waals surface area contributed by atoms with Gasteiger partial charge in [0.15, 0.2) is 0 Å². The third-order valence-electron chi connectivity index (χ3n) is 3.74. The summed E-state index contributed by atoms with van der Waals surface area (Å²) in [6.07, 6.45) is 3.05. The van der Waals surface area contributed by atoms with Gasteiger partial charge in [0, 0.05) is 32.0 Å². The van der Waals surface area contributed by atoms with Crippen molar-refractivity contribution in [2.75, 3.05) is 19.6 Å². The minimum Gasteiger partial charge on any atom is -0.477 e. The maximum absolute atomic E-state index is 11.4. The normalized spacial score (nSPS) is 15.2. The fraction of sp³-hybridized carbons (Fsp3) is 0.765. The summed E-state index contributed by atoms with van der Waals surface area (Å²) in [5.74, 6) is 0.878. The fourth-order valence-electron chi connectivity index (χ4n) is 2.82. The van der Waals surface area contributed by atoms with E-state index in [1.165, 1.54) is 11.3 Å². The summed E-state index contributed by atoms with van der Waals surface area (Å²) < 4.78 is 0. The Hall–Kier alpha value is -0.940. The molecule has 1 fully saturated rings. The Kier molecular flexibility index (Phi) is 5.98. The van der Waals surface area contributed by atoms with Gasteiger partial charge in [0.25, 0.3) is 0 Å². The third kappa shape index (κ3) is 5.06. The molecule has 0 amide bonds. The molecule has 0 radical (unpaired) electrons. The topological polar surface area (TPSA) is 53.4 Å². The van der Waals surface area contributed by atoms with Crippen molar-refractivity contribution in [3.63, 3.8) is 0 Å². The van der Waals surface area contributed by atoms with E-state index in [-0.39, 0.29) is 0 Å². The molecule has 4 nitrogen and oxygen atoms in total. The second-order valence-corrected chi connectivity index (χ2v) is 8.28. The zero-order valence-electron chi connectivity index (χ0n) is 14.1. The lowest BCUT2D eigenvalue weighted by Gasteiger charge is -2.25. The smallest absolute Gasteiger partial charge is 0.347 e. The van der Waals surface area contributed by atoms with E-state index in [9.17, 15) is 9.90 Å². The van der Waals surface area contributed by atoms with Crippen molar-refractivity contribution in [2.24, 2.45) is 11.8 Å². The maximum Gasteiger partial charge on any atom is 0.347 e. The van der Waals surface area contributed by atoms with Crippen molar-refractivity contribution in [1.29, 1.82) is 0 Å². The van der Waals surface area contributed by atoms with E-state index in [1.807, 2.05) is 0 Å². The lowest BCUT2D eigenvalue weighted by Crippen LogP contribution is -2.33. The van der Waals surface area contributed by atoms with Crippen LogP contribution in [0.2, 0.25) is 0 Å². The van der Waals surface area contributed by atoms with E-state index in [4.69, 9.17) is 0 Å². The summed E-state index contributed by atoms with van der Waals surface area (Å²) >= 11 is 1.38. The molecular weight excluding hydrogens is 296 g/mol. The second-order valence-electron chi connectivity index (χ2n) is 7.20. The van der Waals surface area contributed by atoms with Crippen LogP contribution >= 0.6 is 11.3 Å². The highest BCUT2D eigenvalue weighted by molar-refractivity contribution is 7.13. The first-order chi connectivity index (χ1) is 10.4. The Bertz CT molecular complexity index is 497. The molecule has 1 saturated carbocycles. The molecule has 0 aliphatic heterocycles. The molecule has 0 spiro atoms. The van der Waals surface area contributed by atoms with Gasteiger partial charge in [-0.25, -0.2) is 9.78 Å². The van der Waals surface area contributed by atoms with Gasteiger partial charge in [0.2, 0.25) is 0 Å². The number of hydrogen-bond acceptors (Lipinski definition) is 4. The van der Waals surface area contributed by atoms with Crippen LogP contribution in [0, 0.1) is 11.8 Å². The number of hydrogen-bond donors (Lipinski definition) is 1. The number of aromatic nitrogens is 1. The van der Waals surface area contributed by atoms with E-state index in [0.29, 0.717) is 22.6 Å². The van der Waals surface area contributed by atoms with E-state index in [1.54, 1.807) is 0 Å². The van der Waals surface area contributed by atoms with Crippen LogP contribution in [0.25, 0.3) is 0 Å². The Labute approximate surface area is 137 Å².